The van der Waals surface area contributed by atoms with Gasteiger partial charge in [-0.15, -0.1) is 0 Å². The molecular weight excluding hydrogens is 162 g/mol. The minimum absolute atomic E-state index is 1.18. The number of nitrogens with one attached hydrogen (secondary N) is 1. The van der Waals surface area contributed by atoms with E-state index in [1.54, 1.807) is 0 Å². The molecule has 0 amide bonds. The summed E-state index contributed by atoms with van der Waals surface area (Å²) in [5.74, 6) is 0. The van der Waals surface area contributed by atoms with Crippen molar-refractivity contribution in [3.63, 3.8) is 0 Å². The summed E-state index contributed by atoms with van der Waals surface area (Å²) in [6.07, 6.45) is 0. The third kappa shape index (κ3) is 2.20. The van der Waals surface area contributed by atoms with Gasteiger partial charge in [-0.2, -0.15) is 0 Å². The molecule has 1 rings (SSSR count). The zero-order chi connectivity index (χ0) is 9.84. The number of rotatable bonds is 3. The van der Waals surface area contributed by atoms with Crippen LogP contribution in [0.1, 0.15) is 5.56 Å². The smallest absolute Gasteiger partial charge is 0.0733 e. The van der Waals surface area contributed by atoms with Crippen molar-refractivity contribution in [2.75, 3.05) is 26.3 Å². The van der Waals surface area contributed by atoms with E-state index in [0.29, 0.717) is 0 Å². The first-order chi connectivity index (χ1) is 6.16. The second-order valence-corrected chi connectivity index (χ2v) is 3.17. The molecule has 13 heavy (non-hydrogen) atoms. The molecule has 72 valence electrons. The van der Waals surface area contributed by atoms with Crippen LogP contribution in [0.2, 0.25) is 0 Å². The zero-order valence-corrected chi connectivity index (χ0v) is 8.70. The monoisotopic (exact) mass is 179 g/mol. The Morgan fingerprint density at radius 3 is 2.23 bits per heavy atom. The molecule has 0 unspecified atom stereocenters. The minimum atomic E-state index is 1.18. The van der Waals surface area contributed by atoms with E-state index in [2.05, 4.69) is 24.5 Å². The van der Waals surface area contributed by atoms with Crippen LogP contribution in [0.15, 0.2) is 24.3 Å². The number of hydrazine groups is 2. The zero-order valence-electron chi connectivity index (χ0n) is 8.70. The van der Waals surface area contributed by atoms with Crippen molar-refractivity contribution in [3.8, 4) is 0 Å². The number of benzene rings is 1. The molecule has 0 atom stereocenters. The number of anilines is 1. The Morgan fingerprint density at radius 1 is 1.15 bits per heavy atom. The molecule has 0 aliphatic rings. The molecule has 0 spiro atoms. The summed E-state index contributed by atoms with van der Waals surface area (Å²) in [6.45, 7) is 2.10. The van der Waals surface area contributed by atoms with Crippen molar-refractivity contribution < 1.29 is 0 Å². The molecule has 0 fully saturated rings. The van der Waals surface area contributed by atoms with Crippen molar-refractivity contribution in [2.24, 2.45) is 0 Å². The highest BCUT2D eigenvalue weighted by molar-refractivity contribution is 5.50. The third-order valence-corrected chi connectivity index (χ3v) is 1.96. The summed E-state index contributed by atoms with van der Waals surface area (Å²) in [7, 11) is 5.92. The average molecular weight is 179 g/mol. The Labute approximate surface area is 79.9 Å². The number of aryl methyl sites for hydroxylation is 1. The molecule has 3 nitrogen and oxygen atoms in total. The molecule has 0 aromatic heterocycles. The molecule has 0 saturated heterocycles. The fraction of sp³-hybridized carbons (Fsp3) is 0.400. The van der Waals surface area contributed by atoms with Crippen LogP contribution in [0.4, 0.5) is 5.69 Å². The van der Waals surface area contributed by atoms with E-state index in [9.17, 15) is 0 Å². The highest BCUT2D eigenvalue weighted by Crippen LogP contribution is 2.17. The highest BCUT2D eigenvalue weighted by Gasteiger charge is 2.07. The summed E-state index contributed by atoms with van der Waals surface area (Å²) < 4.78 is 0. The van der Waals surface area contributed by atoms with Crippen LogP contribution in [-0.4, -0.2) is 26.2 Å². The lowest BCUT2D eigenvalue weighted by atomic mass is 10.2. The highest BCUT2D eigenvalue weighted by atomic mass is 15.8. The van der Waals surface area contributed by atoms with E-state index in [1.165, 1.54) is 11.3 Å². The van der Waals surface area contributed by atoms with Gasteiger partial charge in [0.25, 0.3) is 0 Å². The first-order valence-electron chi connectivity index (χ1n) is 4.37. The Kier molecular flexibility index (Phi) is 3.28. The second-order valence-electron chi connectivity index (χ2n) is 3.17. The molecule has 1 aromatic carbocycles. The van der Waals surface area contributed by atoms with Crippen molar-refractivity contribution in [1.29, 1.82) is 0 Å². The molecule has 0 aliphatic heterocycles. The topological polar surface area (TPSA) is 18.5 Å². The van der Waals surface area contributed by atoms with Gasteiger partial charge in [-0.25, -0.2) is 15.6 Å². The van der Waals surface area contributed by atoms with Gasteiger partial charge in [0.05, 0.1) is 5.69 Å². The van der Waals surface area contributed by atoms with Crippen molar-refractivity contribution in [3.05, 3.63) is 29.8 Å². The standard InChI is InChI=1S/C10H17N3/c1-9-7-5-6-8-10(9)13(11-2)12(3)4/h5-8,11H,1-4H3. The van der Waals surface area contributed by atoms with Gasteiger partial charge in [0.2, 0.25) is 0 Å². The predicted octanol–water partition coefficient (Wildman–Crippen LogP) is 1.41. The number of nitrogens with zero attached hydrogens (tertiary/aromatic N) is 2. The van der Waals surface area contributed by atoms with E-state index in [-0.39, 0.29) is 0 Å². The van der Waals surface area contributed by atoms with Gasteiger partial charge in [-0.3, -0.25) is 0 Å². The van der Waals surface area contributed by atoms with Crippen LogP contribution < -0.4 is 10.5 Å². The number of hydrogen-bond acceptors (Lipinski definition) is 3. The maximum absolute atomic E-state index is 3.12. The van der Waals surface area contributed by atoms with Gasteiger partial charge >= 0.3 is 0 Å². The van der Waals surface area contributed by atoms with Gasteiger partial charge in [0.1, 0.15) is 0 Å². The largest absolute Gasteiger partial charge is 0.240 e. The normalized spacial score (nSPS) is 10.5. The summed E-state index contributed by atoms with van der Waals surface area (Å²) in [4.78, 5) is 0. The van der Waals surface area contributed by atoms with Crippen molar-refractivity contribution in [2.45, 2.75) is 6.92 Å². The lowest BCUT2D eigenvalue weighted by Crippen LogP contribution is -2.45. The second kappa shape index (κ2) is 4.25. The number of hydrogen-bond donors (Lipinski definition) is 1. The lowest BCUT2D eigenvalue weighted by Gasteiger charge is -2.30. The number of para-hydroxylation sites is 1. The van der Waals surface area contributed by atoms with Crippen LogP contribution in [0.5, 0.6) is 0 Å². The van der Waals surface area contributed by atoms with E-state index >= 15 is 0 Å². The molecular formula is C10H17N3. The fourth-order valence-corrected chi connectivity index (χ4v) is 1.34. The van der Waals surface area contributed by atoms with Crippen molar-refractivity contribution >= 4 is 5.69 Å². The van der Waals surface area contributed by atoms with Crippen LogP contribution >= 0.6 is 0 Å². The molecule has 0 heterocycles. The quantitative estimate of drug-likeness (QED) is 0.708. The van der Waals surface area contributed by atoms with Crippen molar-refractivity contribution in [1.82, 2.24) is 10.4 Å². The third-order valence-electron chi connectivity index (χ3n) is 1.96. The molecule has 0 aliphatic carbocycles. The summed E-state index contributed by atoms with van der Waals surface area (Å²) in [5.41, 5.74) is 5.55. The molecule has 0 radical (unpaired) electrons. The van der Waals surface area contributed by atoms with Crippen LogP contribution in [0.25, 0.3) is 0 Å². The molecule has 1 N–H and O–H groups in total. The van der Waals surface area contributed by atoms with Gasteiger partial charge < -0.3 is 0 Å². The van der Waals surface area contributed by atoms with E-state index < -0.39 is 0 Å². The van der Waals surface area contributed by atoms with Gasteiger partial charge in [0.15, 0.2) is 0 Å². The fourth-order valence-electron chi connectivity index (χ4n) is 1.34. The average Bonchev–Trinajstić information content (AvgIpc) is 2.09. The van der Waals surface area contributed by atoms with Gasteiger partial charge in [0, 0.05) is 21.1 Å². The predicted molar refractivity (Wildman–Crippen MR) is 56.4 cm³/mol. The maximum Gasteiger partial charge on any atom is 0.0733 e. The van der Waals surface area contributed by atoms with E-state index in [0.717, 1.165) is 0 Å². The van der Waals surface area contributed by atoms with Gasteiger partial charge in [-0.1, -0.05) is 18.2 Å². The lowest BCUT2D eigenvalue weighted by molar-refractivity contribution is 0.335. The maximum atomic E-state index is 3.12. The first-order valence-corrected chi connectivity index (χ1v) is 4.37. The summed E-state index contributed by atoms with van der Waals surface area (Å²) >= 11 is 0. The molecule has 1 aromatic rings. The van der Waals surface area contributed by atoms with Crippen LogP contribution in [0.3, 0.4) is 0 Å². The van der Waals surface area contributed by atoms with Crippen LogP contribution in [0, 0.1) is 6.92 Å². The Bertz CT molecular complexity index is 271. The Morgan fingerprint density at radius 2 is 1.77 bits per heavy atom. The minimum Gasteiger partial charge on any atom is -0.240 e. The first kappa shape index (κ1) is 10.0. The summed E-state index contributed by atoms with van der Waals surface area (Å²) in [5, 5.41) is 4.00. The van der Waals surface area contributed by atoms with E-state index in [4.69, 9.17) is 0 Å². The Hall–Kier alpha value is -1.06. The molecule has 0 saturated carbocycles. The SMILES string of the molecule is CNN(c1ccccc1C)N(C)C. The van der Waals surface area contributed by atoms with Gasteiger partial charge in [-0.05, 0) is 18.6 Å². The van der Waals surface area contributed by atoms with E-state index in [1.807, 2.05) is 43.4 Å². The summed E-state index contributed by atoms with van der Waals surface area (Å²) in [6, 6.07) is 8.27. The van der Waals surface area contributed by atoms with Crippen LogP contribution in [-0.2, 0) is 0 Å². The Balaban J connectivity index is 2.97. The molecule has 0 bridgehead atoms. The molecule has 3 heteroatoms.